The number of rotatable bonds is 5. The molecule has 0 aromatic heterocycles. The zero-order valence-corrected chi connectivity index (χ0v) is 11.8. The van der Waals surface area contributed by atoms with Gasteiger partial charge in [-0.1, -0.05) is 39.0 Å². The maximum Gasteiger partial charge on any atom is 0.269 e. The van der Waals surface area contributed by atoms with Crippen LogP contribution in [0.2, 0.25) is 0 Å². The molecule has 104 valence electrons. The van der Waals surface area contributed by atoms with Crippen LogP contribution in [-0.4, -0.2) is 11.8 Å². The molecule has 0 fully saturated rings. The first kappa shape index (κ1) is 15.2. The lowest BCUT2D eigenvalue weighted by Crippen LogP contribution is -2.49. The number of hydrogen-bond acceptors (Lipinski definition) is 2. The second kappa shape index (κ2) is 6.92. The third-order valence-corrected chi connectivity index (χ3v) is 3.84. The van der Waals surface area contributed by atoms with Crippen LogP contribution in [0.3, 0.4) is 0 Å². The van der Waals surface area contributed by atoms with Crippen molar-refractivity contribution in [1.29, 1.82) is 0 Å². The molecular formula is C15H22N2O2. The summed E-state index contributed by atoms with van der Waals surface area (Å²) in [7, 11) is 0. The molecule has 4 heteroatoms. The van der Waals surface area contributed by atoms with Crippen molar-refractivity contribution in [3.05, 3.63) is 35.9 Å². The van der Waals surface area contributed by atoms with Gasteiger partial charge in [-0.25, -0.2) is 0 Å². The average Bonchev–Trinajstić information content (AvgIpc) is 2.48. The zero-order valence-electron chi connectivity index (χ0n) is 11.8. The highest BCUT2D eigenvalue weighted by molar-refractivity contribution is 5.95. The van der Waals surface area contributed by atoms with Gasteiger partial charge in [-0.05, 0) is 31.4 Å². The average molecular weight is 262 g/mol. The van der Waals surface area contributed by atoms with Crippen molar-refractivity contribution >= 4 is 11.8 Å². The molecule has 0 saturated heterocycles. The summed E-state index contributed by atoms with van der Waals surface area (Å²) in [4.78, 5) is 24.0. The molecule has 1 rings (SSSR count). The molecule has 0 unspecified atom stereocenters. The molecule has 0 radical (unpaired) electrons. The number of hydrogen-bond donors (Lipinski definition) is 2. The SMILES string of the molecule is CCC(CC)(CC)C(=O)NNC(=O)c1ccccc1. The van der Waals surface area contributed by atoms with E-state index in [9.17, 15) is 9.59 Å². The highest BCUT2D eigenvalue weighted by Crippen LogP contribution is 2.30. The summed E-state index contributed by atoms with van der Waals surface area (Å²) in [5.74, 6) is -0.421. The molecule has 1 aromatic rings. The van der Waals surface area contributed by atoms with Crippen LogP contribution in [0.5, 0.6) is 0 Å². The molecule has 19 heavy (non-hydrogen) atoms. The molecule has 0 aliphatic rings. The molecule has 2 N–H and O–H groups in total. The summed E-state index contributed by atoms with van der Waals surface area (Å²) in [5, 5.41) is 0. The van der Waals surface area contributed by atoms with E-state index in [4.69, 9.17) is 0 Å². The Balaban J connectivity index is 2.62. The molecule has 1 aromatic carbocycles. The van der Waals surface area contributed by atoms with Crippen molar-refractivity contribution in [2.75, 3.05) is 0 Å². The van der Waals surface area contributed by atoms with Gasteiger partial charge in [-0.15, -0.1) is 0 Å². The van der Waals surface area contributed by atoms with E-state index in [1.165, 1.54) is 0 Å². The largest absolute Gasteiger partial charge is 0.273 e. The van der Waals surface area contributed by atoms with Gasteiger partial charge in [-0.3, -0.25) is 20.4 Å². The standard InChI is InChI=1S/C15H22N2O2/c1-4-15(5-2,6-3)14(19)17-16-13(18)12-10-8-7-9-11-12/h7-11H,4-6H2,1-3H3,(H,16,18)(H,17,19). The van der Waals surface area contributed by atoms with Crippen LogP contribution in [0.15, 0.2) is 30.3 Å². The lowest BCUT2D eigenvalue weighted by molar-refractivity contribution is -0.132. The van der Waals surface area contributed by atoms with Crippen LogP contribution in [0, 0.1) is 5.41 Å². The minimum atomic E-state index is -0.399. The maximum absolute atomic E-state index is 12.2. The van der Waals surface area contributed by atoms with E-state index in [-0.39, 0.29) is 11.8 Å². The number of hydrazine groups is 1. The molecular weight excluding hydrogens is 240 g/mol. The maximum atomic E-state index is 12.2. The lowest BCUT2D eigenvalue weighted by atomic mass is 9.79. The molecule has 0 bridgehead atoms. The third kappa shape index (κ3) is 3.56. The fraction of sp³-hybridized carbons (Fsp3) is 0.467. The Bertz CT molecular complexity index is 417. The second-order valence-electron chi connectivity index (χ2n) is 4.62. The second-order valence-corrected chi connectivity index (χ2v) is 4.62. The molecule has 0 spiro atoms. The molecule has 2 amide bonds. The van der Waals surface area contributed by atoms with Crippen LogP contribution < -0.4 is 10.9 Å². The Morgan fingerprint density at radius 1 is 0.947 bits per heavy atom. The Hall–Kier alpha value is -1.84. The van der Waals surface area contributed by atoms with E-state index >= 15 is 0 Å². The van der Waals surface area contributed by atoms with Crippen LogP contribution in [0.4, 0.5) is 0 Å². The van der Waals surface area contributed by atoms with Gasteiger partial charge in [0.15, 0.2) is 0 Å². The van der Waals surface area contributed by atoms with Crippen molar-refractivity contribution in [2.24, 2.45) is 5.41 Å². The minimum Gasteiger partial charge on any atom is -0.273 e. The van der Waals surface area contributed by atoms with Crippen molar-refractivity contribution in [3.63, 3.8) is 0 Å². The van der Waals surface area contributed by atoms with Crippen molar-refractivity contribution in [1.82, 2.24) is 10.9 Å². The van der Waals surface area contributed by atoms with Crippen LogP contribution in [-0.2, 0) is 4.79 Å². The first-order chi connectivity index (χ1) is 9.09. The normalized spacial score (nSPS) is 10.9. The summed E-state index contributed by atoms with van der Waals surface area (Å²) in [6.07, 6.45) is 2.27. The number of carbonyl (C=O) groups is 2. The fourth-order valence-electron chi connectivity index (χ4n) is 2.14. The van der Waals surface area contributed by atoms with E-state index in [1.807, 2.05) is 26.8 Å². The Labute approximate surface area is 114 Å². The minimum absolute atomic E-state index is 0.121. The van der Waals surface area contributed by atoms with Crippen molar-refractivity contribution in [2.45, 2.75) is 40.0 Å². The predicted octanol–water partition coefficient (Wildman–Crippen LogP) is 2.66. The molecule has 0 saturated carbocycles. The van der Waals surface area contributed by atoms with Crippen molar-refractivity contribution in [3.8, 4) is 0 Å². The van der Waals surface area contributed by atoms with Crippen LogP contribution in [0.25, 0.3) is 0 Å². The zero-order chi connectivity index (χ0) is 14.3. The van der Waals surface area contributed by atoms with Crippen LogP contribution in [0.1, 0.15) is 50.4 Å². The predicted molar refractivity (Wildman–Crippen MR) is 75.4 cm³/mol. The van der Waals surface area contributed by atoms with E-state index in [2.05, 4.69) is 10.9 Å². The fourth-order valence-corrected chi connectivity index (χ4v) is 2.14. The summed E-state index contributed by atoms with van der Waals surface area (Å²) in [6, 6.07) is 8.81. The van der Waals surface area contributed by atoms with Gasteiger partial charge < -0.3 is 0 Å². The van der Waals surface area contributed by atoms with Crippen LogP contribution >= 0.6 is 0 Å². The molecule has 0 heterocycles. The topological polar surface area (TPSA) is 58.2 Å². The summed E-state index contributed by atoms with van der Waals surface area (Å²) >= 11 is 0. The summed E-state index contributed by atoms with van der Waals surface area (Å²) < 4.78 is 0. The Morgan fingerprint density at radius 2 is 1.47 bits per heavy atom. The van der Waals surface area contributed by atoms with E-state index < -0.39 is 5.41 Å². The number of nitrogens with one attached hydrogen (secondary N) is 2. The number of carbonyl (C=O) groups excluding carboxylic acids is 2. The van der Waals surface area contributed by atoms with Gasteiger partial charge in [0.2, 0.25) is 5.91 Å². The Kier molecular flexibility index (Phi) is 5.55. The first-order valence-electron chi connectivity index (χ1n) is 6.75. The van der Waals surface area contributed by atoms with E-state index in [1.54, 1.807) is 24.3 Å². The first-order valence-corrected chi connectivity index (χ1v) is 6.75. The highest BCUT2D eigenvalue weighted by atomic mass is 16.2. The molecule has 0 aliphatic heterocycles. The quantitative estimate of drug-likeness (QED) is 0.801. The van der Waals surface area contributed by atoms with Gasteiger partial charge in [0.25, 0.3) is 5.91 Å². The van der Waals surface area contributed by atoms with Gasteiger partial charge in [0, 0.05) is 5.56 Å². The molecule has 0 atom stereocenters. The van der Waals surface area contributed by atoms with Gasteiger partial charge in [0.05, 0.1) is 5.41 Å². The molecule has 0 aliphatic carbocycles. The molecule has 4 nitrogen and oxygen atoms in total. The van der Waals surface area contributed by atoms with E-state index in [0.717, 1.165) is 19.3 Å². The summed E-state index contributed by atoms with van der Waals surface area (Å²) in [5.41, 5.74) is 5.13. The monoisotopic (exact) mass is 262 g/mol. The highest BCUT2D eigenvalue weighted by Gasteiger charge is 2.32. The van der Waals surface area contributed by atoms with Crippen molar-refractivity contribution < 1.29 is 9.59 Å². The third-order valence-electron chi connectivity index (χ3n) is 3.84. The van der Waals surface area contributed by atoms with Gasteiger partial charge in [0.1, 0.15) is 0 Å². The van der Waals surface area contributed by atoms with E-state index in [0.29, 0.717) is 5.56 Å². The van der Waals surface area contributed by atoms with Gasteiger partial charge in [-0.2, -0.15) is 0 Å². The summed E-state index contributed by atoms with van der Waals surface area (Å²) in [6.45, 7) is 5.97. The number of benzene rings is 1. The number of amides is 2. The Morgan fingerprint density at radius 3 is 1.95 bits per heavy atom. The smallest absolute Gasteiger partial charge is 0.269 e. The van der Waals surface area contributed by atoms with Gasteiger partial charge >= 0.3 is 0 Å². The lowest BCUT2D eigenvalue weighted by Gasteiger charge is -2.28.